The normalized spacial score (nSPS) is 15.3. The average molecular weight is 217 g/mol. The first kappa shape index (κ1) is 13.7. The molecule has 0 aliphatic heterocycles. The number of amides is 1. The third-order valence-corrected chi connectivity index (χ3v) is 2.50. The predicted molar refractivity (Wildman–Crippen MR) is 55.7 cm³/mol. The molecule has 1 atom stereocenters. The van der Waals surface area contributed by atoms with Crippen molar-refractivity contribution in [2.45, 2.75) is 33.3 Å². The van der Waals surface area contributed by atoms with Gasteiger partial charge in [0.25, 0.3) is 0 Å². The van der Waals surface area contributed by atoms with Crippen molar-refractivity contribution in [1.82, 2.24) is 4.90 Å². The first-order valence-electron chi connectivity index (χ1n) is 4.66. The molecule has 0 aliphatic carbocycles. The maximum absolute atomic E-state index is 11.3. The van der Waals surface area contributed by atoms with Crippen molar-refractivity contribution in [2.75, 3.05) is 14.1 Å². The van der Waals surface area contributed by atoms with E-state index < -0.39 is 23.1 Å². The van der Waals surface area contributed by atoms with Crippen LogP contribution in [0.1, 0.15) is 27.7 Å². The first-order valence-corrected chi connectivity index (χ1v) is 4.66. The molecule has 0 rings (SSSR count). The minimum Gasteiger partial charge on any atom is -0.478 e. The molecule has 5 nitrogen and oxygen atoms in total. The highest BCUT2D eigenvalue weighted by atomic mass is 16.6. The number of nitrogens with zero attached hydrogens (tertiary/aromatic N) is 1. The molecular formula is C10H19NO4. The van der Waals surface area contributed by atoms with Crippen LogP contribution in [-0.2, 0) is 9.53 Å². The van der Waals surface area contributed by atoms with Crippen LogP contribution < -0.4 is 0 Å². The van der Waals surface area contributed by atoms with Gasteiger partial charge in [0.2, 0.25) is 5.60 Å². The fraction of sp³-hybridized carbons (Fsp3) is 0.800. The molecule has 0 saturated heterocycles. The van der Waals surface area contributed by atoms with E-state index in [0.717, 1.165) is 0 Å². The lowest BCUT2D eigenvalue weighted by atomic mass is 9.77. The number of rotatable bonds is 2. The van der Waals surface area contributed by atoms with Gasteiger partial charge in [-0.2, -0.15) is 0 Å². The number of carboxylic acids is 1. The summed E-state index contributed by atoms with van der Waals surface area (Å²) in [4.78, 5) is 23.7. The van der Waals surface area contributed by atoms with Gasteiger partial charge in [-0.15, -0.1) is 0 Å². The van der Waals surface area contributed by atoms with Crippen molar-refractivity contribution in [3.8, 4) is 0 Å². The quantitative estimate of drug-likeness (QED) is 0.762. The van der Waals surface area contributed by atoms with E-state index in [2.05, 4.69) is 0 Å². The van der Waals surface area contributed by atoms with E-state index in [1.165, 1.54) is 25.9 Å². The Balaban J connectivity index is 5.01. The number of carbonyl (C=O) groups excluding carboxylic acids is 1. The van der Waals surface area contributed by atoms with E-state index in [1.54, 1.807) is 20.8 Å². The van der Waals surface area contributed by atoms with E-state index in [0.29, 0.717) is 0 Å². The summed E-state index contributed by atoms with van der Waals surface area (Å²) in [7, 11) is 3.01. The van der Waals surface area contributed by atoms with Gasteiger partial charge in [0.1, 0.15) is 0 Å². The number of carbonyl (C=O) groups is 2. The molecule has 1 N–H and O–H groups in total. The zero-order chi connectivity index (χ0) is 12.4. The van der Waals surface area contributed by atoms with Crippen LogP contribution in [0.25, 0.3) is 0 Å². The average Bonchev–Trinajstić information content (AvgIpc) is 2.01. The molecule has 15 heavy (non-hydrogen) atoms. The molecule has 0 aliphatic rings. The van der Waals surface area contributed by atoms with Gasteiger partial charge in [0.05, 0.1) is 0 Å². The third kappa shape index (κ3) is 2.84. The Morgan fingerprint density at radius 3 is 1.73 bits per heavy atom. The summed E-state index contributed by atoms with van der Waals surface area (Å²) in [5, 5.41) is 9.10. The van der Waals surface area contributed by atoms with Crippen LogP contribution in [-0.4, -0.2) is 41.8 Å². The second-order valence-electron chi connectivity index (χ2n) is 4.85. The number of carboxylic acid groups (broad SMARTS) is 1. The number of ether oxygens (including phenoxy) is 1. The summed E-state index contributed by atoms with van der Waals surface area (Å²) in [5.41, 5.74) is -2.21. The molecule has 0 heterocycles. The van der Waals surface area contributed by atoms with Crippen molar-refractivity contribution < 1.29 is 19.4 Å². The second-order valence-corrected chi connectivity index (χ2v) is 4.85. The summed E-state index contributed by atoms with van der Waals surface area (Å²) < 4.78 is 5.01. The van der Waals surface area contributed by atoms with E-state index >= 15 is 0 Å². The summed E-state index contributed by atoms with van der Waals surface area (Å²) >= 11 is 0. The highest BCUT2D eigenvalue weighted by Gasteiger charge is 2.48. The molecular weight excluding hydrogens is 198 g/mol. The van der Waals surface area contributed by atoms with Gasteiger partial charge < -0.3 is 14.7 Å². The summed E-state index contributed by atoms with van der Waals surface area (Å²) in [6.07, 6.45) is -0.658. The summed E-state index contributed by atoms with van der Waals surface area (Å²) in [6, 6.07) is 0. The fourth-order valence-corrected chi connectivity index (χ4v) is 0.783. The molecule has 0 spiro atoms. The van der Waals surface area contributed by atoms with Crippen molar-refractivity contribution in [2.24, 2.45) is 5.41 Å². The SMILES string of the molecule is CN(C)C(=O)O[C@@](C)(C(=O)O)C(C)(C)C. The van der Waals surface area contributed by atoms with Crippen LogP contribution in [0.2, 0.25) is 0 Å². The van der Waals surface area contributed by atoms with Crippen LogP contribution >= 0.6 is 0 Å². The molecule has 88 valence electrons. The van der Waals surface area contributed by atoms with Gasteiger partial charge in [-0.25, -0.2) is 9.59 Å². The third-order valence-electron chi connectivity index (χ3n) is 2.50. The van der Waals surface area contributed by atoms with E-state index in [-0.39, 0.29) is 0 Å². The molecule has 5 heteroatoms. The van der Waals surface area contributed by atoms with Crippen molar-refractivity contribution >= 4 is 12.1 Å². The summed E-state index contributed by atoms with van der Waals surface area (Å²) in [6.45, 7) is 6.54. The molecule has 0 aromatic carbocycles. The largest absolute Gasteiger partial charge is 0.478 e. The molecule has 0 fully saturated rings. The minimum absolute atomic E-state index is 0.658. The smallest absolute Gasteiger partial charge is 0.410 e. The highest BCUT2D eigenvalue weighted by Crippen LogP contribution is 2.34. The van der Waals surface area contributed by atoms with E-state index in [1.807, 2.05) is 0 Å². The summed E-state index contributed by atoms with van der Waals surface area (Å²) in [5.74, 6) is -1.15. The topological polar surface area (TPSA) is 66.8 Å². The Labute approximate surface area is 90.0 Å². The van der Waals surface area contributed by atoms with Crippen molar-refractivity contribution in [3.05, 3.63) is 0 Å². The second kappa shape index (κ2) is 4.08. The van der Waals surface area contributed by atoms with E-state index in [9.17, 15) is 9.59 Å². The number of hydrogen-bond donors (Lipinski definition) is 1. The Hall–Kier alpha value is -1.26. The lowest BCUT2D eigenvalue weighted by Gasteiger charge is -2.37. The first-order chi connectivity index (χ1) is 6.52. The maximum atomic E-state index is 11.3. The molecule has 0 radical (unpaired) electrons. The van der Waals surface area contributed by atoms with E-state index in [4.69, 9.17) is 9.84 Å². The molecule has 0 bridgehead atoms. The molecule has 0 unspecified atom stereocenters. The van der Waals surface area contributed by atoms with Crippen LogP contribution in [0, 0.1) is 5.41 Å². The fourth-order valence-electron chi connectivity index (χ4n) is 0.783. The molecule has 0 aromatic rings. The standard InChI is InChI=1S/C10H19NO4/c1-9(2,3)10(4,7(12)13)15-8(14)11(5)6/h1-6H3,(H,12,13)/t10-/m0/s1. The van der Waals surface area contributed by atoms with Gasteiger partial charge in [-0.1, -0.05) is 20.8 Å². The molecule has 0 saturated carbocycles. The van der Waals surface area contributed by atoms with Gasteiger partial charge in [-0.3, -0.25) is 0 Å². The lowest BCUT2D eigenvalue weighted by molar-refractivity contribution is -0.169. The lowest BCUT2D eigenvalue weighted by Crippen LogP contribution is -2.52. The highest BCUT2D eigenvalue weighted by molar-refractivity contribution is 5.81. The van der Waals surface area contributed by atoms with Crippen molar-refractivity contribution in [1.29, 1.82) is 0 Å². The van der Waals surface area contributed by atoms with Crippen LogP contribution in [0.3, 0.4) is 0 Å². The monoisotopic (exact) mass is 217 g/mol. The van der Waals surface area contributed by atoms with Gasteiger partial charge >= 0.3 is 12.1 Å². The van der Waals surface area contributed by atoms with Gasteiger partial charge in [-0.05, 0) is 6.92 Å². The number of hydrogen-bond acceptors (Lipinski definition) is 3. The Morgan fingerprint density at radius 2 is 1.53 bits per heavy atom. The minimum atomic E-state index is -1.53. The molecule has 0 aromatic heterocycles. The predicted octanol–water partition coefficient (Wildman–Crippen LogP) is 1.57. The Bertz CT molecular complexity index is 267. The Kier molecular flexibility index (Phi) is 3.74. The van der Waals surface area contributed by atoms with Crippen LogP contribution in [0.5, 0.6) is 0 Å². The zero-order valence-electron chi connectivity index (χ0n) is 10.1. The molecule has 1 amide bonds. The maximum Gasteiger partial charge on any atom is 0.410 e. The van der Waals surface area contributed by atoms with Gasteiger partial charge in [0, 0.05) is 19.5 Å². The van der Waals surface area contributed by atoms with Crippen LogP contribution in [0.15, 0.2) is 0 Å². The van der Waals surface area contributed by atoms with Crippen LogP contribution in [0.4, 0.5) is 4.79 Å². The number of aliphatic carboxylic acids is 1. The zero-order valence-corrected chi connectivity index (χ0v) is 10.1. The van der Waals surface area contributed by atoms with Gasteiger partial charge in [0.15, 0.2) is 0 Å². The Morgan fingerprint density at radius 1 is 1.13 bits per heavy atom. The van der Waals surface area contributed by atoms with Crippen molar-refractivity contribution in [3.63, 3.8) is 0 Å².